The van der Waals surface area contributed by atoms with Crippen LogP contribution in [0.25, 0.3) is 0 Å². The molecule has 0 bridgehead atoms. The fourth-order valence-corrected chi connectivity index (χ4v) is 3.39. The summed E-state index contributed by atoms with van der Waals surface area (Å²) in [6.07, 6.45) is 1.06. The number of methoxy groups -OCH3 is 2. The van der Waals surface area contributed by atoms with Crippen LogP contribution in [0.2, 0.25) is 0 Å². The van der Waals surface area contributed by atoms with Gasteiger partial charge in [0.05, 0.1) is 14.2 Å². The van der Waals surface area contributed by atoms with E-state index in [4.69, 9.17) is 9.47 Å². The number of benzene rings is 2. The monoisotopic (exact) mass is 325 g/mol. The minimum atomic E-state index is 0.573. The van der Waals surface area contributed by atoms with Crippen LogP contribution in [0.5, 0.6) is 11.5 Å². The molecule has 0 N–H and O–H groups in total. The van der Waals surface area contributed by atoms with E-state index in [-0.39, 0.29) is 0 Å². The van der Waals surface area contributed by atoms with Crippen LogP contribution in [-0.2, 0) is 19.5 Å². The number of ether oxygens (including phenoxy) is 2. The van der Waals surface area contributed by atoms with Gasteiger partial charge in [0.1, 0.15) is 0 Å². The molecule has 0 amide bonds. The molecule has 0 saturated heterocycles. The predicted molar refractivity (Wildman–Crippen MR) is 97.9 cm³/mol. The lowest BCUT2D eigenvalue weighted by atomic mass is 9.97. The number of fused-ring (bicyclic) bond motifs is 1. The summed E-state index contributed by atoms with van der Waals surface area (Å²) in [7, 11) is 3.39. The van der Waals surface area contributed by atoms with Crippen LogP contribution in [0.1, 0.15) is 42.0 Å². The normalized spacial score (nSPS) is 14.5. The first-order chi connectivity index (χ1) is 11.6. The summed E-state index contributed by atoms with van der Waals surface area (Å²) < 4.78 is 10.9. The highest BCUT2D eigenvalue weighted by molar-refractivity contribution is 5.48. The zero-order valence-corrected chi connectivity index (χ0v) is 15.1. The molecule has 0 radical (unpaired) electrons. The Morgan fingerprint density at radius 1 is 1.00 bits per heavy atom. The van der Waals surface area contributed by atoms with Crippen molar-refractivity contribution in [1.29, 1.82) is 0 Å². The molecule has 0 spiro atoms. The van der Waals surface area contributed by atoms with Gasteiger partial charge < -0.3 is 9.47 Å². The van der Waals surface area contributed by atoms with Gasteiger partial charge in [0.15, 0.2) is 11.5 Å². The first-order valence-electron chi connectivity index (χ1n) is 8.65. The van der Waals surface area contributed by atoms with E-state index in [0.29, 0.717) is 5.92 Å². The molecule has 2 aromatic carbocycles. The van der Waals surface area contributed by atoms with E-state index in [1.807, 2.05) is 0 Å². The Bertz CT molecular complexity index is 709. The third kappa shape index (κ3) is 3.57. The molecule has 3 nitrogen and oxygen atoms in total. The van der Waals surface area contributed by atoms with Crippen molar-refractivity contribution in [1.82, 2.24) is 4.90 Å². The highest BCUT2D eigenvalue weighted by atomic mass is 16.5. The molecule has 0 aromatic heterocycles. The third-order valence-electron chi connectivity index (χ3n) is 4.82. The van der Waals surface area contributed by atoms with Crippen molar-refractivity contribution in [3.8, 4) is 11.5 Å². The van der Waals surface area contributed by atoms with Gasteiger partial charge in [0.2, 0.25) is 0 Å². The topological polar surface area (TPSA) is 21.7 Å². The van der Waals surface area contributed by atoms with Crippen LogP contribution in [0.4, 0.5) is 0 Å². The molecule has 128 valence electrons. The summed E-state index contributed by atoms with van der Waals surface area (Å²) in [5.41, 5.74) is 5.53. The second kappa shape index (κ2) is 7.27. The molecular formula is C21H27NO2. The van der Waals surface area contributed by atoms with Crippen LogP contribution >= 0.6 is 0 Å². The second-order valence-electron chi connectivity index (χ2n) is 6.84. The molecule has 0 unspecified atom stereocenters. The van der Waals surface area contributed by atoms with E-state index in [1.165, 1.54) is 22.3 Å². The van der Waals surface area contributed by atoms with Crippen LogP contribution in [0, 0.1) is 0 Å². The molecule has 3 rings (SSSR count). The lowest BCUT2D eigenvalue weighted by molar-refractivity contribution is 0.244. The molecule has 0 fully saturated rings. The molecule has 3 heteroatoms. The number of nitrogens with zero attached hydrogens (tertiary/aromatic N) is 1. The Morgan fingerprint density at radius 3 is 2.38 bits per heavy atom. The minimum absolute atomic E-state index is 0.573. The smallest absolute Gasteiger partial charge is 0.161 e. The van der Waals surface area contributed by atoms with Gasteiger partial charge in [-0.2, -0.15) is 0 Å². The molecule has 2 aromatic rings. The first kappa shape index (κ1) is 16.8. The average molecular weight is 325 g/mol. The predicted octanol–water partition coefficient (Wildman–Crippen LogP) is 4.39. The van der Waals surface area contributed by atoms with E-state index in [0.717, 1.165) is 37.6 Å². The van der Waals surface area contributed by atoms with E-state index >= 15 is 0 Å². The van der Waals surface area contributed by atoms with Crippen molar-refractivity contribution in [2.75, 3.05) is 20.8 Å². The largest absolute Gasteiger partial charge is 0.493 e. The van der Waals surface area contributed by atoms with E-state index in [1.54, 1.807) is 14.2 Å². The van der Waals surface area contributed by atoms with Crippen LogP contribution < -0.4 is 9.47 Å². The standard InChI is InChI=1S/C21H27NO2/c1-15(2)17-7-5-6-16(10-17)13-22-9-8-18-11-20(23-3)21(24-4)12-19(18)14-22/h5-7,10-12,15H,8-9,13-14H2,1-4H3. The maximum Gasteiger partial charge on any atom is 0.161 e. The highest BCUT2D eigenvalue weighted by Crippen LogP contribution is 2.33. The lowest BCUT2D eigenvalue weighted by Crippen LogP contribution is -2.30. The van der Waals surface area contributed by atoms with Crippen molar-refractivity contribution < 1.29 is 9.47 Å². The van der Waals surface area contributed by atoms with Crippen molar-refractivity contribution in [3.63, 3.8) is 0 Å². The summed E-state index contributed by atoms with van der Waals surface area (Å²) in [5.74, 6) is 2.22. The SMILES string of the molecule is COc1cc2c(cc1OC)CN(Cc1cccc(C(C)C)c1)CC2. The van der Waals surface area contributed by atoms with Gasteiger partial charge in [-0.05, 0) is 46.7 Å². The summed E-state index contributed by atoms with van der Waals surface area (Å²) in [5, 5.41) is 0. The third-order valence-corrected chi connectivity index (χ3v) is 4.82. The lowest BCUT2D eigenvalue weighted by Gasteiger charge is -2.29. The van der Waals surface area contributed by atoms with E-state index in [2.05, 4.69) is 55.1 Å². The Morgan fingerprint density at radius 2 is 1.71 bits per heavy atom. The van der Waals surface area contributed by atoms with Gasteiger partial charge in [-0.3, -0.25) is 4.90 Å². The fraction of sp³-hybridized carbons (Fsp3) is 0.429. The molecule has 0 aliphatic carbocycles. The Kier molecular flexibility index (Phi) is 5.10. The Hall–Kier alpha value is -2.00. The van der Waals surface area contributed by atoms with Crippen molar-refractivity contribution in [2.24, 2.45) is 0 Å². The highest BCUT2D eigenvalue weighted by Gasteiger charge is 2.19. The van der Waals surface area contributed by atoms with Crippen molar-refractivity contribution in [3.05, 3.63) is 58.7 Å². The maximum atomic E-state index is 5.45. The van der Waals surface area contributed by atoms with Crippen molar-refractivity contribution >= 4 is 0 Å². The van der Waals surface area contributed by atoms with Gasteiger partial charge >= 0.3 is 0 Å². The summed E-state index contributed by atoms with van der Waals surface area (Å²) in [6, 6.07) is 13.2. The van der Waals surface area contributed by atoms with Gasteiger partial charge in [-0.15, -0.1) is 0 Å². The molecule has 0 atom stereocenters. The summed E-state index contributed by atoms with van der Waals surface area (Å²) >= 11 is 0. The molecule has 0 saturated carbocycles. The quantitative estimate of drug-likeness (QED) is 0.814. The van der Waals surface area contributed by atoms with E-state index in [9.17, 15) is 0 Å². The Labute approximate surface area is 145 Å². The zero-order chi connectivity index (χ0) is 17.1. The number of hydrogen-bond acceptors (Lipinski definition) is 3. The van der Waals surface area contributed by atoms with Gasteiger partial charge in [-0.1, -0.05) is 38.1 Å². The van der Waals surface area contributed by atoms with Gasteiger partial charge in [0, 0.05) is 19.6 Å². The fourth-order valence-electron chi connectivity index (χ4n) is 3.39. The van der Waals surface area contributed by atoms with Gasteiger partial charge in [-0.25, -0.2) is 0 Å². The van der Waals surface area contributed by atoms with Crippen molar-refractivity contribution in [2.45, 2.75) is 39.3 Å². The molecule has 1 aliphatic rings. The summed E-state index contributed by atoms with van der Waals surface area (Å²) in [4.78, 5) is 2.51. The van der Waals surface area contributed by atoms with Crippen LogP contribution in [0.15, 0.2) is 36.4 Å². The number of hydrogen-bond donors (Lipinski definition) is 0. The molecule has 24 heavy (non-hydrogen) atoms. The van der Waals surface area contributed by atoms with Crippen LogP contribution in [-0.4, -0.2) is 25.7 Å². The van der Waals surface area contributed by atoms with Crippen LogP contribution in [0.3, 0.4) is 0 Å². The average Bonchev–Trinajstić information content (AvgIpc) is 2.60. The molecular weight excluding hydrogens is 298 g/mol. The van der Waals surface area contributed by atoms with Gasteiger partial charge in [0.25, 0.3) is 0 Å². The first-order valence-corrected chi connectivity index (χ1v) is 8.65. The number of rotatable bonds is 5. The zero-order valence-electron chi connectivity index (χ0n) is 15.1. The minimum Gasteiger partial charge on any atom is -0.493 e. The summed E-state index contributed by atoms with van der Waals surface area (Å²) in [6.45, 7) is 7.52. The second-order valence-corrected chi connectivity index (χ2v) is 6.84. The Balaban J connectivity index is 1.76. The molecule has 1 aliphatic heterocycles. The maximum absolute atomic E-state index is 5.45. The van der Waals surface area contributed by atoms with E-state index < -0.39 is 0 Å². The molecule has 1 heterocycles.